The van der Waals surface area contributed by atoms with Crippen LogP contribution in [0.2, 0.25) is 10.0 Å². The fourth-order valence-electron chi connectivity index (χ4n) is 0.699. The Bertz CT molecular complexity index is 262. The van der Waals surface area contributed by atoms with Crippen molar-refractivity contribution < 1.29 is 3.79 Å². The van der Waals surface area contributed by atoms with Crippen LogP contribution in [0.3, 0.4) is 0 Å². The van der Waals surface area contributed by atoms with Crippen molar-refractivity contribution in [2.75, 3.05) is 0 Å². The molecule has 0 N–H and O–H groups in total. The minimum absolute atomic E-state index is 0.576. The summed E-state index contributed by atoms with van der Waals surface area (Å²) in [6, 6.07) is 5.10. The SMILES string of the molecule is Clc1cc(Cl)cc([O][Al]([Br])[Br])c1. The normalized spacial score (nSPS) is 9.67. The second kappa shape index (κ2) is 5.09. The monoisotopic (exact) mass is 346 g/mol. The molecular formula is C6H3AlBr2Cl2O. The van der Waals surface area contributed by atoms with E-state index in [-0.39, 0.29) is 0 Å². The van der Waals surface area contributed by atoms with Crippen molar-refractivity contribution in [1.29, 1.82) is 0 Å². The summed E-state index contributed by atoms with van der Waals surface area (Å²) in [4.78, 5) is 0. The standard InChI is InChI=1S/C6H4Cl2O.Al.2BrH/c7-4-1-5(8)3-6(9)2-4;;;/h1-3,9H;;2*1H/q;+3;;/p-3. The molecule has 6 heteroatoms. The van der Waals surface area contributed by atoms with E-state index in [2.05, 4.69) is 28.1 Å². The van der Waals surface area contributed by atoms with Crippen LogP contribution in [0.1, 0.15) is 0 Å². The van der Waals surface area contributed by atoms with Gasteiger partial charge in [-0.25, -0.2) is 0 Å². The first kappa shape index (κ1) is 11.2. The first-order chi connectivity index (χ1) is 5.58. The van der Waals surface area contributed by atoms with Crippen LogP contribution in [0, 0.1) is 0 Å². The summed E-state index contributed by atoms with van der Waals surface area (Å²) >= 11 is 18.1. The Hall–Kier alpha value is 1.09. The lowest BCUT2D eigenvalue weighted by Crippen LogP contribution is -2.03. The molecule has 0 aliphatic carbocycles. The molecule has 0 saturated carbocycles. The van der Waals surface area contributed by atoms with Crippen LogP contribution in [-0.4, -0.2) is 10.8 Å². The van der Waals surface area contributed by atoms with E-state index in [1.54, 1.807) is 18.2 Å². The molecule has 12 heavy (non-hydrogen) atoms. The molecule has 0 spiro atoms. The third-order valence-corrected chi connectivity index (χ3v) is 3.07. The van der Waals surface area contributed by atoms with Crippen LogP contribution in [0.25, 0.3) is 0 Å². The first-order valence-corrected chi connectivity index (χ1v) is 10.6. The summed E-state index contributed by atoms with van der Waals surface area (Å²) in [5.74, 6) is 0.679. The molecule has 1 aromatic rings. The summed E-state index contributed by atoms with van der Waals surface area (Å²) in [5.41, 5.74) is 0. The van der Waals surface area contributed by atoms with E-state index in [1.807, 2.05) is 0 Å². The lowest BCUT2D eigenvalue weighted by atomic mass is 10.3. The van der Waals surface area contributed by atoms with Gasteiger partial charge in [0.1, 0.15) is 0 Å². The fraction of sp³-hybridized carbons (Fsp3) is 0. The maximum atomic E-state index is 5.75. The van der Waals surface area contributed by atoms with Gasteiger partial charge < -0.3 is 3.79 Å². The largest absolute Gasteiger partial charge is 0.740 e. The Kier molecular flexibility index (Phi) is 4.74. The van der Waals surface area contributed by atoms with E-state index < -0.39 is 10.8 Å². The highest BCUT2D eigenvalue weighted by Gasteiger charge is 2.14. The van der Waals surface area contributed by atoms with Crippen LogP contribution in [0.4, 0.5) is 0 Å². The predicted molar refractivity (Wildman–Crippen MR) is 60.7 cm³/mol. The average Bonchev–Trinajstić information content (AvgIpc) is 1.81. The van der Waals surface area contributed by atoms with Gasteiger partial charge in [0, 0.05) is 10.0 Å². The lowest BCUT2D eigenvalue weighted by molar-refractivity contribution is 0.608. The zero-order valence-electron chi connectivity index (χ0n) is 5.73. The van der Waals surface area contributed by atoms with Crippen LogP contribution in [0.5, 0.6) is 5.75 Å². The van der Waals surface area contributed by atoms with Gasteiger partial charge in [0.05, 0.1) is 5.75 Å². The quantitative estimate of drug-likeness (QED) is 0.730. The summed E-state index contributed by atoms with van der Waals surface area (Å²) < 4.78 is 5.38. The molecule has 0 radical (unpaired) electrons. The highest BCUT2D eigenvalue weighted by atomic mass is 79.9. The molecule has 0 amide bonds. The minimum Gasteiger partial charge on any atom is -0.627 e. The van der Waals surface area contributed by atoms with Gasteiger partial charge >= 0.3 is 10.8 Å². The Morgan fingerprint density at radius 1 is 1.08 bits per heavy atom. The van der Waals surface area contributed by atoms with Gasteiger partial charge in [0.2, 0.25) is 0 Å². The molecule has 0 unspecified atom stereocenters. The zero-order valence-corrected chi connectivity index (χ0v) is 11.6. The minimum atomic E-state index is -1.43. The van der Waals surface area contributed by atoms with E-state index in [9.17, 15) is 0 Å². The van der Waals surface area contributed by atoms with Gasteiger partial charge in [0.25, 0.3) is 0 Å². The summed E-state index contributed by atoms with van der Waals surface area (Å²) in [6.07, 6.45) is 0. The number of hydrogen-bond donors (Lipinski definition) is 0. The van der Waals surface area contributed by atoms with E-state index in [0.29, 0.717) is 15.8 Å². The van der Waals surface area contributed by atoms with Crippen molar-refractivity contribution in [3.8, 4) is 5.75 Å². The topological polar surface area (TPSA) is 9.23 Å². The van der Waals surface area contributed by atoms with E-state index in [0.717, 1.165) is 0 Å². The third-order valence-electron chi connectivity index (χ3n) is 1.06. The van der Waals surface area contributed by atoms with Gasteiger partial charge in [-0.3, -0.25) is 0 Å². The summed E-state index contributed by atoms with van der Waals surface area (Å²) in [5, 5.41) is 1.15. The molecule has 1 aromatic carbocycles. The number of halogens is 4. The molecule has 0 fully saturated rings. The van der Waals surface area contributed by atoms with Gasteiger partial charge in [-0.05, 0) is 18.2 Å². The second-order valence-electron chi connectivity index (χ2n) is 1.98. The number of rotatable bonds is 2. The van der Waals surface area contributed by atoms with Gasteiger partial charge in [0.15, 0.2) is 0 Å². The Morgan fingerprint density at radius 3 is 2.00 bits per heavy atom. The molecule has 1 rings (SSSR count). The van der Waals surface area contributed by atoms with Gasteiger partial charge in [-0.1, -0.05) is 23.2 Å². The molecule has 0 aliphatic heterocycles. The van der Waals surface area contributed by atoms with Crippen molar-refractivity contribution in [1.82, 2.24) is 0 Å². The Morgan fingerprint density at radius 2 is 1.58 bits per heavy atom. The van der Waals surface area contributed by atoms with E-state index in [1.165, 1.54) is 0 Å². The Labute approximate surface area is 99.0 Å². The maximum absolute atomic E-state index is 5.75. The van der Waals surface area contributed by atoms with Crippen molar-refractivity contribution in [2.24, 2.45) is 0 Å². The van der Waals surface area contributed by atoms with Crippen LogP contribution in [-0.2, 0) is 0 Å². The summed E-state index contributed by atoms with van der Waals surface area (Å²) in [7, 11) is -1.43. The van der Waals surface area contributed by atoms with Gasteiger partial charge in [-0.15, -0.1) is 28.1 Å². The van der Waals surface area contributed by atoms with Gasteiger partial charge in [-0.2, -0.15) is 0 Å². The lowest BCUT2D eigenvalue weighted by Gasteiger charge is -2.06. The highest BCUT2D eigenvalue weighted by molar-refractivity contribution is 9.48. The van der Waals surface area contributed by atoms with E-state index in [4.69, 9.17) is 27.0 Å². The Balaban J connectivity index is 2.85. The molecule has 0 aromatic heterocycles. The summed E-state index contributed by atoms with van der Waals surface area (Å²) in [6.45, 7) is 0. The van der Waals surface area contributed by atoms with Crippen LogP contribution in [0.15, 0.2) is 18.2 Å². The van der Waals surface area contributed by atoms with Crippen LogP contribution >= 0.6 is 51.3 Å². The second-order valence-corrected chi connectivity index (χ2v) is 12.3. The molecule has 0 aliphatic rings. The highest BCUT2D eigenvalue weighted by Crippen LogP contribution is 2.25. The predicted octanol–water partition coefficient (Wildman–Crippen LogP) is 4.15. The molecule has 0 atom stereocenters. The molecular weight excluding hydrogens is 346 g/mol. The number of hydrogen-bond acceptors (Lipinski definition) is 1. The molecule has 0 heterocycles. The van der Waals surface area contributed by atoms with Crippen molar-refractivity contribution in [3.05, 3.63) is 28.2 Å². The zero-order chi connectivity index (χ0) is 9.14. The van der Waals surface area contributed by atoms with E-state index >= 15 is 0 Å². The smallest absolute Gasteiger partial charge is 0.627 e. The fourth-order valence-corrected chi connectivity index (χ4v) is 2.84. The maximum Gasteiger partial charge on any atom is 0.740 e. The molecule has 64 valence electrons. The van der Waals surface area contributed by atoms with Crippen LogP contribution < -0.4 is 3.79 Å². The number of benzene rings is 1. The van der Waals surface area contributed by atoms with Crippen molar-refractivity contribution in [3.63, 3.8) is 0 Å². The van der Waals surface area contributed by atoms with Crippen molar-refractivity contribution in [2.45, 2.75) is 0 Å². The third kappa shape index (κ3) is 3.87. The average molecular weight is 349 g/mol. The molecule has 1 nitrogen and oxygen atoms in total. The molecule has 0 saturated heterocycles. The molecule has 0 bridgehead atoms. The van der Waals surface area contributed by atoms with Crippen molar-refractivity contribution >= 4 is 62.1 Å². The first-order valence-electron chi connectivity index (χ1n) is 2.99.